The van der Waals surface area contributed by atoms with Crippen LogP contribution in [0.25, 0.3) is 5.57 Å². The van der Waals surface area contributed by atoms with E-state index in [9.17, 15) is 4.79 Å². The molecular formula is C17H9N3O. The molecule has 0 N–H and O–H groups in total. The summed E-state index contributed by atoms with van der Waals surface area (Å²) in [5, 5.41) is 18.2. The highest BCUT2D eigenvalue weighted by atomic mass is 16.2. The Kier molecular flexibility index (Phi) is 2.99. The number of amides is 1. The second kappa shape index (κ2) is 4.96. The summed E-state index contributed by atoms with van der Waals surface area (Å²) in [5.41, 5.74) is 2.02. The van der Waals surface area contributed by atoms with Crippen molar-refractivity contribution in [3.05, 3.63) is 65.7 Å². The Balaban J connectivity index is 2.29. The molecule has 1 amide bonds. The van der Waals surface area contributed by atoms with E-state index in [0.29, 0.717) is 16.9 Å². The molecule has 0 unspecified atom stereocenters. The normalized spacial score (nSPS) is 12.6. The first-order chi connectivity index (χ1) is 10.3. The zero-order valence-corrected chi connectivity index (χ0v) is 10.9. The van der Waals surface area contributed by atoms with Gasteiger partial charge in [-0.1, -0.05) is 36.4 Å². The molecule has 0 aliphatic carbocycles. The smallest absolute Gasteiger partial charge is 0.265 e. The van der Waals surface area contributed by atoms with Gasteiger partial charge < -0.3 is 0 Å². The molecule has 0 radical (unpaired) electrons. The maximum Gasteiger partial charge on any atom is 0.265 e. The summed E-state index contributed by atoms with van der Waals surface area (Å²) >= 11 is 0. The Morgan fingerprint density at radius 1 is 0.905 bits per heavy atom. The number of para-hydroxylation sites is 2. The Labute approximate surface area is 121 Å². The highest BCUT2D eigenvalue weighted by Gasteiger charge is 2.35. The first kappa shape index (κ1) is 12.7. The van der Waals surface area contributed by atoms with E-state index in [4.69, 9.17) is 10.5 Å². The minimum Gasteiger partial charge on any atom is -0.276 e. The number of nitrogens with zero attached hydrogens (tertiary/aromatic N) is 3. The molecule has 1 heterocycles. The van der Waals surface area contributed by atoms with Gasteiger partial charge in [0.1, 0.15) is 17.7 Å². The van der Waals surface area contributed by atoms with Gasteiger partial charge in [-0.25, -0.2) is 0 Å². The van der Waals surface area contributed by atoms with Crippen LogP contribution in [0.4, 0.5) is 11.4 Å². The second-order valence-corrected chi connectivity index (χ2v) is 4.47. The number of carbonyl (C=O) groups is 1. The first-order valence-electron chi connectivity index (χ1n) is 6.31. The minimum atomic E-state index is -0.347. The van der Waals surface area contributed by atoms with Crippen molar-refractivity contribution < 1.29 is 4.79 Å². The summed E-state index contributed by atoms with van der Waals surface area (Å²) in [6.45, 7) is 0. The maximum absolute atomic E-state index is 12.7. The number of benzene rings is 2. The SMILES string of the molecule is N#CC(C#N)=C1C(=O)N(c2ccccc2)c2ccccc21. The van der Waals surface area contributed by atoms with Gasteiger partial charge in [-0.3, -0.25) is 9.69 Å². The summed E-state index contributed by atoms with van der Waals surface area (Å²) in [6.07, 6.45) is 0. The van der Waals surface area contributed by atoms with Crippen LogP contribution in [0.1, 0.15) is 5.56 Å². The largest absolute Gasteiger partial charge is 0.276 e. The lowest BCUT2D eigenvalue weighted by Crippen LogP contribution is -2.20. The highest BCUT2D eigenvalue weighted by molar-refractivity contribution is 6.36. The molecule has 0 saturated heterocycles. The van der Waals surface area contributed by atoms with Gasteiger partial charge in [-0.2, -0.15) is 10.5 Å². The van der Waals surface area contributed by atoms with E-state index >= 15 is 0 Å². The van der Waals surface area contributed by atoms with Gasteiger partial charge in [0.2, 0.25) is 0 Å². The molecule has 0 spiro atoms. The lowest BCUT2D eigenvalue weighted by molar-refractivity contribution is -0.112. The molecule has 0 fully saturated rings. The fourth-order valence-corrected chi connectivity index (χ4v) is 2.43. The van der Waals surface area contributed by atoms with E-state index in [-0.39, 0.29) is 17.1 Å². The van der Waals surface area contributed by atoms with Gasteiger partial charge in [-0.15, -0.1) is 0 Å². The van der Waals surface area contributed by atoms with E-state index in [1.807, 2.05) is 48.5 Å². The zero-order chi connectivity index (χ0) is 14.8. The molecule has 4 heteroatoms. The predicted molar refractivity (Wildman–Crippen MR) is 78.2 cm³/mol. The Bertz CT molecular complexity index is 822. The quantitative estimate of drug-likeness (QED) is 0.591. The molecule has 0 saturated carbocycles. The molecular weight excluding hydrogens is 262 g/mol. The second-order valence-electron chi connectivity index (χ2n) is 4.47. The van der Waals surface area contributed by atoms with Crippen LogP contribution >= 0.6 is 0 Å². The van der Waals surface area contributed by atoms with E-state index in [1.165, 1.54) is 4.90 Å². The van der Waals surface area contributed by atoms with E-state index < -0.39 is 0 Å². The van der Waals surface area contributed by atoms with E-state index in [1.54, 1.807) is 18.2 Å². The molecule has 0 atom stereocenters. The van der Waals surface area contributed by atoms with Crippen LogP contribution in [0.5, 0.6) is 0 Å². The fraction of sp³-hybridized carbons (Fsp3) is 0. The van der Waals surface area contributed by atoms with Crippen LogP contribution in [0.2, 0.25) is 0 Å². The van der Waals surface area contributed by atoms with Gasteiger partial charge >= 0.3 is 0 Å². The molecule has 2 aromatic carbocycles. The van der Waals surface area contributed by atoms with Crippen LogP contribution in [0.3, 0.4) is 0 Å². The number of nitriles is 2. The average molecular weight is 271 g/mol. The van der Waals surface area contributed by atoms with Gasteiger partial charge in [0.25, 0.3) is 5.91 Å². The molecule has 2 aromatic rings. The predicted octanol–water partition coefficient (Wildman–Crippen LogP) is 3.17. The van der Waals surface area contributed by atoms with Crippen molar-refractivity contribution in [1.29, 1.82) is 10.5 Å². The Morgan fingerprint density at radius 3 is 2.19 bits per heavy atom. The van der Waals surface area contributed by atoms with E-state index in [0.717, 1.165) is 0 Å². The average Bonchev–Trinajstić information content (AvgIpc) is 2.82. The summed E-state index contributed by atoms with van der Waals surface area (Å²) in [4.78, 5) is 14.2. The minimum absolute atomic E-state index is 0.161. The fourth-order valence-electron chi connectivity index (χ4n) is 2.43. The van der Waals surface area contributed by atoms with Crippen LogP contribution in [-0.2, 0) is 4.79 Å². The molecule has 1 aliphatic rings. The van der Waals surface area contributed by atoms with Crippen molar-refractivity contribution in [3.8, 4) is 12.1 Å². The lowest BCUT2D eigenvalue weighted by Gasteiger charge is -2.16. The van der Waals surface area contributed by atoms with Crippen LogP contribution in [0, 0.1) is 22.7 Å². The molecule has 0 aromatic heterocycles. The van der Waals surface area contributed by atoms with Crippen molar-refractivity contribution >= 4 is 22.9 Å². The molecule has 3 rings (SSSR count). The number of fused-ring (bicyclic) bond motifs is 1. The molecule has 0 bridgehead atoms. The molecule has 98 valence electrons. The number of hydrogen-bond acceptors (Lipinski definition) is 3. The van der Waals surface area contributed by atoms with Gasteiger partial charge in [-0.05, 0) is 18.2 Å². The van der Waals surface area contributed by atoms with Gasteiger partial charge in [0, 0.05) is 11.3 Å². The van der Waals surface area contributed by atoms with Crippen molar-refractivity contribution in [1.82, 2.24) is 0 Å². The summed E-state index contributed by atoms with van der Waals surface area (Å²) < 4.78 is 0. The van der Waals surface area contributed by atoms with Crippen LogP contribution in [-0.4, -0.2) is 5.91 Å². The van der Waals surface area contributed by atoms with Crippen LogP contribution < -0.4 is 4.90 Å². The zero-order valence-electron chi connectivity index (χ0n) is 10.9. The lowest BCUT2D eigenvalue weighted by atomic mass is 10.0. The monoisotopic (exact) mass is 271 g/mol. The third-order valence-corrected chi connectivity index (χ3v) is 3.32. The number of allylic oxidation sites excluding steroid dienone is 1. The number of anilines is 2. The van der Waals surface area contributed by atoms with E-state index in [2.05, 4.69) is 0 Å². The third kappa shape index (κ3) is 1.87. The maximum atomic E-state index is 12.7. The topological polar surface area (TPSA) is 67.9 Å². The molecule has 1 aliphatic heterocycles. The third-order valence-electron chi connectivity index (χ3n) is 3.32. The first-order valence-corrected chi connectivity index (χ1v) is 6.31. The molecule has 21 heavy (non-hydrogen) atoms. The van der Waals surface area contributed by atoms with Gasteiger partial charge in [0.15, 0.2) is 0 Å². The van der Waals surface area contributed by atoms with Crippen molar-refractivity contribution in [2.75, 3.05) is 4.90 Å². The van der Waals surface area contributed by atoms with Gasteiger partial charge in [0.05, 0.1) is 11.3 Å². The Hall–Kier alpha value is -3.37. The summed E-state index contributed by atoms with van der Waals surface area (Å²) in [7, 11) is 0. The number of rotatable bonds is 1. The Morgan fingerprint density at radius 2 is 1.52 bits per heavy atom. The summed E-state index contributed by atoms with van der Waals surface area (Å²) in [5.74, 6) is -0.347. The highest BCUT2D eigenvalue weighted by Crippen LogP contribution is 2.42. The van der Waals surface area contributed by atoms with Crippen LogP contribution in [0.15, 0.2) is 60.2 Å². The number of hydrogen-bond donors (Lipinski definition) is 0. The number of carbonyl (C=O) groups excluding carboxylic acids is 1. The summed E-state index contributed by atoms with van der Waals surface area (Å²) in [6, 6.07) is 19.9. The molecule has 4 nitrogen and oxygen atoms in total. The van der Waals surface area contributed by atoms with Crippen molar-refractivity contribution in [2.45, 2.75) is 0 Å². The van der Waals surface area contributed by atoms with Crippen molar-refractivity contribution in [2.24, 2.45) is 0 Å². The standard InChI is InChI=1S/C17H9N3O/c18-10-12(11-19)16-14-8-4-5-9-15(14)20(17(16)21)13-6-2-1-3-7-13/h1-9H. The van der Waals surface area contributed by atoms with Crippen molar-refractivity contribution in [3.63, 3.8) is 0 Å².